The SMILES string of the molecule is C=C1COC(c2cc(F)cnc2F)=C([N+](=O)[O-])C1. The molecule has 0 fully saturated rings. The maximum absolute atomic E-state index is 13.5. The van der Waals surface area contributed by atoms with Crippen LogP contribution in [0.4, 0.5) is 8.78 Å². The Bertz CT molecular complexity index is 569. The van der Waals surface area contributed by atoms with Gasteiger partial charge in [-0.25, -0.2) is 9.37 Å². The van der Waals surface area contributed by atoms with E-state index in [0.29, 0.717) is 11.8 Å². The smallest absolute Gasteiger partial charge is 0.292 e. The molecule has 0 aliphatic carbocycles. The Balaban J connectivity index is 2.58. The zero-order valence-corrected chi connectivity index (χ0v) is 9.15. The molecule has 0 radical (unpaired) electrons. The molecule has 5 nitrogen and oxygen atoms in total. The molecule has 1 aromatic rings. The van der Waals surface area contributed by atoms with Crippen molar-refractivity contribution >= 4 is 5.76 Å². The van der Waals surface area contributed by atoms with Crippen LogP contribution in [0.15, 0.2) is 30.1 Å². The van der Waals surface area contributed by atoms with E-state index in [2.05, 4.69) is 11.6 Å². The Hall–Kier alpha value is -2.31. The fraction of sp³-hybridized carbons (Fsp3) is 0.182. The summed E-state index contributed by atoms with van der Waals surface area (Å²) in [7, 11) is 0. The van der Waals surface area contributed by atoms with Crippen LogP contribution in [0.3, 0.4) is 0 Å². The third kappa shape index (κ3) is 2.20. The van der Waals surface area contributed by atoms with Gasteiger partial charge < -0.3 is 4.74 Å². The number of halogens is 2. The Morgan fingerprint density at radius 3 is 2.89 bits per heavy atom. The van der Waals surface area contributed by atoms with Crippen LogP contribution in [0.5, 0.6) is 0 Å². The van der Waals surface area contributed by atoms with Crippen LogP contribution in [-0.4, -0.2) is 16.5 Å². The lowest BCUT2D eigenvalue weighted by Gasteiger charge is -2.17. The van der Waals surface area contributed by atoms with Crippen molar-refractivity contribution in [3.05, 3.63) is 57.6 Å². The number of allylic oxidation sites excluding steroid dienone is 1. The lowest BCUT2D eigenvalue weighted by molar-refractivity contribution is -0.428. The second-order valence-corrected chi connectivity index (χ2v) is 3.74. The quantitative estimate of drug-likeness (QED) is 0.351. The van der Waals surface area contributed by atoms with E-state index >= 15 is 0 Å². The predicted octanol–water partition coefficient (Wildman–Crippen LogP) is 2.28. The summed E-state index contributed by atoms with van der Waals surface area (Å²) < 4.78 is 31.5. The average molecular weight is 254 g/mol. The largest absolute Gasteiger partial charge is 0.482 e. The molecular formula is C11H8F2N2O3. The molecular weight excluding hydrogens is 246 g/mol. The number of nitro groups is 1. The van der Waals surface area contributed by atoms with Crippen molar-refractivity contribution in [3.63, 3.8) is 0 Å². The predicted molar refractivity (Wildman–Crippen MR) is 57.8 cm³/mol. The van der Waals surface area contributed by atoms with E-state index in [1.165, 1.54) is 0 Å². The lowest BCUT2D eigenvalue weighted by Crippen LogP contribution is -2.15. The highest BCUT2D eigenvalue weighted by Gasteiger charge is 2.29. The fourth-order valence-corrected chi connectivity index (χ4v) is 1.59. The average Bonchev–Trinajstić information content (AvgIpc) is 2.32. The Labute approximate surface area is 101 Å². The minimum absolute atomic E-state index is 0.0304. The summed E-state index contributed by atoms with van der Waals surface area (Å²) in [6.07, 6.45) is 0.644. The van der Waals surface area contributed by atoms with Gasteiger partial charge in [0.1, 0.15) is 12.4 Å². The number of rotatable bonds is 2. The molecule has 0 spiro atoms. The van der Waals surface area contributed by atoms with Gasteiger partial charge in [-0.05, 0) is 11.6 Å². The van der Waals surface area contributed by atoms with Gasteiger partial charge in [0.2, 0.25) is 11.7 Å². The Morgan fingerprint density at radius 2 is 2.22 bits per heavy atom. The normalized spacial score (nSPS) is 15.6. The summed E-state index contributed by atoms with van der Waals surface area (Å²) in [5, 5.41) is 10.9. The van der Waals surface area contributed by atoms with Crippen LogP contribution in [0.2, 0.25) is 0 Å². The molecule has 2 heterocycles. The standard InChI is InChI=1S/C11H8F2N2O3/c1-6-2-9(15(16)17)10(18-5-6)8-3-7(12)4-14-11(8)13/h3-4H,1-2,5H2. The van der Waals surface area contributed by atoms with Crippen molar-refractivity contribution in [2.45, 2.75) is 6.42 Å². The first-order chi connectivity index (χ1) is 8.49. The first-order valence-corrected chi connectivity index (χ1v) is 4.97. The lowest BCUT2D eigenvalue weighted by atomic mass is 10.1. The van der Waals surface area contributed by atoms with Crippen LogP contribution >= 0.6 is 0 Å². The minimum Gasteiger partial charge on any atom is -0.482 e. The molecule has 1 aliphatic rings. The molecule has 0 unspecified atom stereocenters. The fourth-order valence-electron chi connectivity index (χ4n) is 1.59. The minimum atomic E-state index is -1.02. The number of nitrogens with zero attached hydrogens (tertiary/aromatic N) is 2. The van der Waals surface area contributed by atoms with Crippen molar-refractivity contribution in [2.24, 2.45) is 0 Å². The molecule has 7 heteroatoms. The molecule has 94 valence electrons. The van der Waals surface area contributed by atoms with Crippen LogP contribution < -0.4 is 0 Å². The van der Waals surface area contributed by atoms with Gasteiger partial charge in [0.05, 0.1) is 23.1 Å². The monoisotopic (exact) mass is 254 g/mol. The van der Waals surface area contributed by atoms with E-state index in [4.69, 9.17) is 4.74 Å². The molecule has 0 saturated heterocycles. The van der Waals surface area contributed by atoms with Crippen molar-refractivity contribution in [3.8, 4) is 0 Å². The number of aromatic nitrogens is 1. The maximum Gasteiger partial charge on any atom is 0.292 e. The summed E-state index contributed by atoms with van der Waals surface area (Å²) >= 11 is 0. The van der Waals surface area contributed by atoms with E-state index in [0.717, 1.165) is 6.07 Å². The molecule has 0 N–H and O–H groups in total. The van der Waals surface area contributed by atoms with E-state index < -0.39 is 16.7 Å². The van der Waals surface area contributed by atoms with Gasteiger partial charge in [-0.1, -0.05) is 6.58 Å². The van der Waals surface area contributed by atoms with Crippen LogP contribution in [0, 0.1) is 21.9 Å². The zero-order valence-electron chi connectivity index (χ0n) is 9.15. The van der Waals surface area contributed by atoms with Crippen LogP contribution in [0.1, 0.15) is 12.0 Å². The third-order valence-corrected chi connectivity index (χ3v) is 2.37. The molecule has 0 aromatic carbocycles. The van der Waals surface area contributed by atoms with Gasteiger partial charge in [0.25, 0.3) is 5.70 Å². The van der Waals surface area contributed by atoms with Gasteiger partial charge in [0.15, 0.2) is 0 Å². The van der Waals surface area contributed by atoms with Crippen LogP contribution in [-0.2, 0) is 4.74 Å². The van der Waals surface area contributed by atoms with Crippen LogP contribution in [0.25, 0.3) is 5.76 Å². The van der Waals surface area contributed by atoms with Gasteiger partial charge >= 0.3 is 0 Å². The summed E-state index contributed by atoms with van der Waals surface area (Å²) in [6, 6.07) is 0.815. The Kier molecular flexibility index (Phi) is 3.05. The first kappa shape index (κ1) is 12.2. The van der Waals surface area contributed by atoms with E-state index in [1.807, 2.05) is 0 Å². The number of hydrogen-bond acceptors (Lipinski definition) is 4. The number of hydrogen-bond donors (Lipinski definition) is 0. The molecule has 2 rings (SSSR count). The van der Waals surface area contributed by atoms with Crippen molar-refractivity contribution in [1.82, 2.24) is 4.98 Å². The van der Waals surface area contributed by atoms with Gasteiger partial charge in [-0.2, -0.15) is 4.39 Å². The highest BCUT2D eigenvalue weighted by atomic mass is 19.1. The maximum atomic E-state index is 13.5. The topological polar surface area (TPSA) is 65.3 Å². The summed E-state index contributed by atoms with van der Waals surface area (Å²) in [4.78, 5) is 13.3. The molecule has 0 bridgehead atoms. The van der Waals surface area contributed by atoms with E-state index in [9.17, 15) is 18.9 Å². The van der Waals surface area contributed by atoms with Crippen molar-refractivity contribution in [1.29, 1.82) is 0 Å². The van der Waals surface area contributed by atoms with Crippen molar-refractivity contribution in [2.75, 3.05) is 6.61 Å². The Morgan fingerprint density at radius 1 is 1.50 bits per heavy atom. The molecule has 1 aromatic heterocycles. The second kappa shape index (κ2) is 4.52. The molecule has 1 aliphatic heterocycles. The highest BCUT2D eigenvalue weighted by molar-refractivity contribution is 5.63. The summed E-state index contributed by atoms with van der Waals surface area (Å²) in [6.45, 7) is 3.60. The second-order valence-electron chi connectivity index (χ2n) is 3.74. The van der Waals surface area contributed by atoms with E-state index in [1.54, 1.807) is 0 Å². The molecule has 0 atom stereocenters. The first-order valence-electron chi connectivity index (χ1n) is 4.97. The van der Waals surface area contributed by atoms with Gasteiger partial charge in [-0.15, -0.1) is 0 Å². The zero-order chi connectivity index (χ0) is 13.3. The molecule has 0 amide bonds. The molecule has 18 heavy (non-hydrogen) atoms. The summed E-state index contributed by atoms with van der Waals surface area (Å²) in [5.74, 6) is -2.11. The molecule has 0 saturated carbocycles. The number of ether oxygens (including phenoxy) is 1. The third-order valence-electron chi connectivity index (χ3n) is 2.37. The van der Waals surface area contributed by atoms with E-state index in [-0.39, 0.29) is 30.0 Å². The highest BCUT2D eigenvalue weighted by Crippen LogP contribution is 2.31. The van der Waals surface area contributed by atoms with Crippen molar-refractivity contribution < 1.29 is 18.4 Å². The van der Waals surface area contributed by atoms with Gasteiger partial charge in [-0.3, -0.25) is 10.1 Å². The van der Waals surface area contributed by atoms with Gasteiger partial charge in [0, 0.05) is 0 Å². The summed E-state index contributed by atoms with van der Waals surface area (Å²) in [5.41, 5.74) is -0.207. The number of pyridine rings is 1.